The van der Waals surface area contributed by atoms with Crippen molar-refractivity contribution in [3.63, 3.8) is 0 Å². The molecule has 3 aromatic carbocycles. The highest BCUT2D eigenvalue weighted by Crippen LogP contribution is 2.45. The Morgan fingerprint density at radius 1 is 0.712 bits per heavy atom. The molecular formula is C38H29F3N4O7. The molecule has 0 aliphatic carbocycles. The van der Waals surface area contributed by atoms with Crippen molar-refractivity contribution < 1.29 is 46.6 Å². The van der Waals surface area contributed by atoms with Crippen molar-refractivity contribution in [2.45, 2.75) is 37.6 Å². The molecule has 0 saturated carbocycles. The number of hydrogen-bond donors (Lipinski definition) is 1. The minimum Gasteiger partial charge on any atom is -0.406 e. The van der Waals surface area contributed by atoms with E-state index in [1.165, 1.54) is 24.5 Å². The van der Waals surface area contributed by atoms with Gasteiger partial charge < -0.3 is 19.5 Å². The quantitative estimate of drug-likeness (QED) is 0.118. The summed E-state index contributed by atoms with van der Waals surface area (Å²) in [6.07, 6.45) is -2.16. The van der Waals surface area contributed by atoms with Crippen LogP contribution in [0.1, 0.15) is 57.5 Å². The van der Waals surface area contributed by atoms with E-state index in [1.807, 2.05) is 0 Å². The van der Waals surface area contributed by atoms with Crippen LogP contribution in [0.15, 0.2) is 122 Å². The smallest absolute Gasteiger partial charge is 0.406 e. The Bertz CT molecular complexity index is 2010. The van der Waals surface area contributed by atoms with E-state index in [4.69, 9.17) is 9.47 Å². The number of hydrogen-bond acceptors (Lipinski definition) is 9. The summed E-state index contributed by atoms with van der Waals surface area (Å²) in [6.45, 7) is 3.38. The van der Waals surface area contributed by atoms with Crippen molar-refractivity contribution in [2.75, 3.05) is 4.90 Å². The van der Waals surface area contributed by atoms with Crippen LogP contribution in [0.3, 0.4) is 0 Å². The Morgan fingerprint density at radius 2 is 1.17 bits per heavy atom. The number of ether oxygens (including phenoxy) is 3. The van der Waals surface area contributed by atoms with Gasteiger partial charge in [-0.25, -0.2) is 29.3 Å². The number of aromatic nitrogens is 2. The number of nitrogens with one attached hydrogen (secondary N) is 1. The number of rotatable bonds is 10. The van der Waals surface area contributed by atoms with Crippen molar-refractivity contribution in [2.24, 2.45) is 0 Å². The van der Waals surface area contributed by atoms with E-state index in [2.05, 4.69) is 20.0 Å². The fourth-order valence-electron chi connectivity index (χ4n) is 6.04. The molecule has 2 atom stereocenters. The maximum Gasteiger partial charge on any atom is 0.573 e. The normalized spacial score (nSPS) is 16.8. The molecule has 1 aliphatic heterocycles. The molecule has 264 valence electrons. The first-order valence-corrected chi connectivity index (χ1v) is 15.8. The number of urea groups is 1. The highest BCUT2D eigenvalue weighted by atomic mass is 19.4. The van der Waals surface area contributed by atoms with E-state index < -0.39 is 53.4 Å². The molecule has 0 radical (unpaired) electrons. The molecule has 3 amide bonds. The van der Waals surface area contributed by atoms with Crippen LogP contribution in [0.2, 0.25) is 0 Å². The minimum atomic E-state index is -4.94. The van der Waals surface area contributed by atoms with E-state index in [1.54, 1.807) is 86.6 Å². The van der Waals surface area contributed by atoms with Crippen LogP contribution in [0.4, 0.5) is 23.7 Å². The molecular weight excluding hydrogens is 681 g/mol. The Labute approximate surface area is 295 Å². The summed E-state index contributed by atoms with van der Waals surface area (Å²) in [5.41, 5.74) is -0.302. The van der Waals surface area contributed by atoms with Crippen LogP contribution < -0.4 is 24.4 Å². The summed E-state index contributed by atoms with van der Waals surface area (Å²) in [4.78, 5) is 63.2. The Balaban J connectivity index is 1.37. The van der Waals surface area contributed by atoms with Gasteiger partial charge in [-0.3, -0.25) is 4.79 Å². The second-order valence-corrected chi connectivity index (χ2v) is 11.8. The predicted octanol–water partition coefficient (Wildman–Crippen LogP) is 7.22. The molecule has 1 N–H and O–H groups in total. The summed E-state index contributed by atoms with van der Waals surface area (Å²) in [5.74, 6) is -4.42. The molecule has 52 heavy (non-hydrogen) atoms. The number of esters is 2. The van der Waals surface area contributed by atoms with Gasteiger partial charge in [-0.2, -0.15) is 0 Å². The number of pyridine rings is 2. The van der Waals surface area contributed by atoms with Gasteiger partial charge in [0.25, 0.3) is 5.91 Å². The Kier molecular flexibility index (Phi) is 9.73. The summed E-state index contributed by atoms with van der Waals surface area (Å²) < 4.78 is 53.5. The van der Waals surface area contributed by atoms with Crippen LogP contribution in [0, 0.1) is 0 Å². The number of nitrogens with zero attached hydrogens (tertiary/aromatic N) is 3. The van der Waals surface area contributed by atoms with Crippen LogP contribution in [0.5, 0.6) is 17.5 Å². The van der Waals surface area contributed by atoms with Crippen molar-refractivity contribution in [1.82, 2.24) is 15.3 Å². The Morgan fingerprint density at radius 3 is 1.62 bits per heavy atom. The van der Waals surface area contributed by atoms with Gasteiger partial charge in [0.1, 0.15) is 11.3 Å². The van der Waals surface area contributed by atoms with Crippen LogP contribution in [-0.2, 0) is 4.79 Å². The maximum absolute atomic E-state index is 14.7. The van der Waals surface area contributed by atoms with Crippen LogP contribution in [0.25, 0.3) is 0 Å². The summed E-state index contributed by atoms with van der Waals surface area (Å²) >= 11 is 0. The number of amides is 3. The van der Waals surface area contributed by atoms with E-state index in [0.717, 1.165) is 29.2 Å². The summed E-state index contributed by atoms with van der Waals surface area (Å²) in [5, 5.41) is 2.86. The summed E-state index contributed by atoms with van der Waals surface area (Å²) in [6, 6.07) is 26.1. The molecule has 11 nitrogen and oxygen atoms in total. The van der Waals surface area contributed by atoms with Gasteiger partial charge in [0.2, 0.25) is 11.8 Å². The molecule has 1 fully saturated rings. The first-order valence-electron chi connectivity index (χ1n) is 15.8. The lowest BCUT2D eigenvalue weighted by molar-refractivity contribution is -0.274. The molecule has 0 bridgehead atoms. The zero-order valence-corrected chi connectivity index (χ0v) is 27.5. The average molecular weight is 711 g/mol. The first-order chi connectivity index (χ1) is 24.9. The van der Waals surface area contributed by atoms with Gasteiger partial charge in [0.05, 0.1) is 16.8 Å². The van der Waals surface area contributed by atoms with E-state index in [0.29, 0.717) is 11.1 Å². The standard InChI is InChI=1S/C38H29F3N4O7/c1-23(27-17-19-42-31(21-27)50-33(46)25-9-5-3-6-10-25)37(24(2)28-18-20-43-32(22-28)51-34(47)26-11-7-4-8-12-26)35(48)45(36(49)44-37)29-13-15-30(16-14-29)52-38(39,40)41/h3-24H,1-2H3,(H,44,49). The third-order valence-electron chi connectivity index (χ3n) is 8.70. The molecule has 1 aliphatic rings. The number of anilines is 1. The fourth-order valence-corrected chi connectivity index (χ4v) is 6.04. The summed E-state index contributed by atoms with van der Waals surface area (Å²) in [7, 11) is 0. The van der Waals surface area contributed by atoms with Gasteiger partial charge in [-0.1, -0.05) is 50.2 Å². The monoisotopic (exact) mass is 710 g/mol. The third-order valence-corrected chi connectivity index (χ3v) is 8.70. The highest BCUT2D eigenvalue weighted by Gasteiger charge is 2.59. The van der Waals surface area contributed by atoms with Crippen molar-refractivity contribution in [3.05, 3.63) is 144 Å². The number of alkyl halides is 3. The lowest BCUT2D eigenvalue weighted by Gasteiger charge is -2.38. The number of imide groups is 1. The average Bonchev–Trinajstić information content (AvgIpc) is 3.41. The molecule has 2 aromatic heterocycles. The lowest BCUT2D eigenvalue weighted by Crippen LogP contribution is -2.55. The van der Waals surface area contributed by atoms with Gasteiger partial charge in [-0.05, 0) is 71.8 Å². The van der Waals surface area contributed by atoms with Gasteiger partial charge >= 0.3 is 24.3 Å². The largest absolute Gasteiger partial charge is 0.573 e. The van der Waals surface area contributed by atoms with E-state index in [-0.39, 0.29) is 28.6 Å². The van der Waals surface area contributed by atoms with Crippen LogP contribution in [-0.4, -0.2) is 45.7 Å². The van der Waals surface area contributed by atoms with Crippen molar-refractivity contribution in [1.29, 1.82) is 0 Å². The SMILES string of the molecule is CC(c1ccnc(OC(=O)c2ccccc2)c1)C1(C(C)c2ccnc(OC(=O)c3ccccc3)c2)NC(=O)N(c2ccc(OC(F)(F)F)cc2)C1=O. The predicted molar refractivity (Wildman–Crippen MR) is 180 cm³/mol. The first kappa shape index (κ1) is 35.3. The molecule has 2 unspecified atom stereocenters. The molecule has 3 heterocycles. The molecule has 1 saturated heterocycles. The molecule has 5 aromatic rings. The second kappa shape index (κ2) is 14.3. The fraction of sp³-hybridized carbons (Fsp3) is 0.158. The van der Waals surface area contributed by atoms with Gasteiger partial charge in [-0.15, -0.1) is 13.2 Å². The Hall–Kier alpha value is -6.57. The lowest BCUT2D eigenvalue weighted by atomic mass is 9.70. The number of benzene rings is 3. The molecule has 14 heteroatoms. The second-order valence-electron chi connectivity index (χ2n) is 11.8. The number of carbonyl (C=O) groups is 4. The number of carbonyl (C=O) groups excluding carboxylic acids is 4. The topological polar surface area (TPSA) is 137 Å². The molecule has 0 spiro atoms. The maximum atomic E-state index is 14.7. The zero-order valence-electron chi connectivity index (χ0n) is 27.5. The highest BCUT2D eigenvalue weighted by molar-refractivity contribution is 6.24. The van der Waals surface area contributed by atoms with E-state index in [9.17, 15) is 32.3 Å². The molecule has 6 rings (SSSR count). The number of halogens is 3. The van der Waals surface area contributed by atoms with Gasteiger partial charge in [0, 0.05) is 36.4 Å². The van der Waals surface area contributed by atoms with Crippen molar-refractivity contribution >= 4 is 29.6 Å². The third kappa shape index (κ3) is 7.31. The van der Waals surface area contributed by atoms with Crippen molar-refractivity contribution in [3.8, 4) is 17.5 Å². The van der Waals surface area contributed by atoms with E-state index >= 15 is 0 Å². The van der Waals surface area contributed by atoms with Gasteiger partial charge in [0.15, 0.2) is 0 Å². The zero-order chi connectivity index (χ0) is 37.0. The van der Waals surface area contributed by atoms with Crippen LogP contribution >= 0.6 is 0 Å². The minimum absolute atomic E-state index is 0.0160.